The number of halogens is 2. The van der Waals surface area contributed by atoms with Crippen molar-refractivity contribution in [3.8, 4) is 0 Å². The van der Waals surface area contributed by atoms with Gasteiger partial charge in [0.05, 0.1) is 0 Å². The maximum Gasteiger partial charge on any atom is 0.246 e. The van der Waals surface area contributed by atoms with Gasteiger partial charge in [0.15, 0.2) is 0 Å². The van der Waals surface area contributed by atoms with Crippen LogP contribution >= 0.6 is 12.4 Å². The molecule has 1 atom stereocenters. The summed E-state index contributed by atoms with van der Waals surface area (Å²) in [6.45, 7) is 2.35. The normalized spacial score (nSPS) is 20.7. The molecule has 0 aliphatic carbocycles. The second-order valence-corrected chi connectivity index (χ2v) is 6.25. The number of nitrogens with zero attached hydrogens (tertiary/aromatic N) is 1. The molecule has 4 nitrogen and oxygen atoms in total. The summed E-state index contributed by atoms with van der Waals surface area (Å²) in [6.07, 6.45) is 0.618. The molecule has 1 unspecified atom stereocenters. The second kappa shape index (κ2) is 5.52. The van der Waals surface area contributed by atoms with Crippen molar-refractivity contribution in [3.05, 3.63) is 29.6 Å². The minimum atomic E-state index is -3.75. The summed E-state index contributed by atoms with van der Waals surface area (Å²) in [4.78, 5) is -0.258. The van der Waals surface area contributed by atoms with Gasteiger partial charge in [-0.25, -0.2) is 12.8 Å². The Hall–Kier alpha value is -0.690. The summed E-state index contributed by atoms with van der Waals surface area (Å²) in [5.41, 5.74) is 6.38. The van der Waals surface area contributed by atoms with Crippen molar-refractivity contribution in [1.29, 1.82) is 0 Å². The molecule has 0 saturated carbocycles. The van der Waals surface area contributed by atoms with Crippen molar-refractivity contribution < 1.29 is 12.8 Å². The van der Waals surface area contributed by atoms with Crippen molar-refractivity contribution in [2.24, 2.45) is 5.73 Å². The molecule has 1 aromatic rings. The highest BCUT2D eigenvalue weighted by atomic mass is 35.5. The molecule has 0 amide bonds. The van der Waals surface area contributed by atoms with Gasteiger partial charge in [-0.2, -0.15) is 4.31 Å². The van der Waals surface area contributed by atoms with Gasteiger partial charge in [-0.3, -0.25) is 0 Å². The maximum atomic E-state index is 13.6. The van der Waals surface area contributed by atoms with E-state index < -0.39 is 15.8 Å². The van der Waals surface area contributed by atoms with E-state index in [2.05, 4.69) is 0 Å². The number of nitrogens with two attached hydrogens (primary N) is 1. The molecule has 2 rings (SSSR count). The lowest BCUT2D eigenvalue weighted by atomic mass is 10.2. The highest BCUT2D eigenvalue weighted by Crippen LogP contribution is 2.23. The lowest BCUT2D eigenvalue weighted by Crippen LogP contribution is -2.32. The minimum Gasteiger partial charge on any atom is -0.326 e. The van der Waals surface area contributed by atoms with Crippen LogP contribution in [0.25, 0.3) is 0 Å². The van der Waals surface area contributed by atoms with Gasteiger partial charge in [0.25, 0.3) is 0 Å². The lowest BCUT2D eigenvalue weighted by Gasteiger charge is -2.16. The Morgan fingerprint density at radius 3 is 2.67 bits per heavy atom. The molecule has 1 aliphatic heterocycles. The van der Waals surface area contributed by atoms with E-state index in [4.69, 9.17) is 5.73 Å². The van der Waals surface area contributed by atoms with E-state index in [1.165, 1.54) is 16.4 Å². The molecule has 0 bridgehead atoms. The third-order valence-corrected chi connectivity index (χ3v) is 4.77. The average Bonchev–Trinajstić information content (AvgIpc) is 2.69. The molecule has 1 aromatic carbocycles. The highest BCUT2D eigenvalue weighted by molar-refractivity contribution is 7.89. The summed E-state index contributed by atoms with van der Waals surface area (Å²) in [6, 6.07) is 3.93. The van der Waals surface area contributed by atoms with Crippen LogP contribution in [0.3, 0.4) is 0 Å². The monoisotopic (exact) mass is 294 g/mol. The van der Waals surface area contributed by atoms with Crippen LogP contribution in [0.5, 0.6) is 0 Å². The molecule has 0 aromatic heterocycles. The Balaban J connectivity index is 0.00000162. The van der Waals surface area contributed by atoms with Gasteiger partial charge in [0.1, 0.15) is 10.7 Å². The predicted octanol–water partition coefficient (Wildman–Crippen LogP) is 1.28. The molecular weight excluding hydrogens is 279 g/mol. The van der Waals surface area contributed by atoms with E-state index in [0.717, 1.165) is 0 Å². The van der Waals surface area contributed by atoms with E-state index >= 15 is 0 Å². The average molecular weight is 295 g/mol. The number of hydrogen-bond acceptors (Lipinski definition) is 3. The van der Waals surface area contributed by atoms with Crippen LogP contribution in [-0.2, 0) is 10.0 Å². The highest BCUT2D eigenvalue weighted by Gasteiger charge is 2.32. The fraction of sp³-hybridized carbons (Fsp3) is 0.455. The largest absolute Gasteiger partial charge is 0.326 e. The van der Waals surface area contributed by atoms with Crippen LogP contribution in [0.4, 0.5) is 4.39 Å². The van der Waals surface area contributed by atoms with Gasteiger partial charge in [0, 0.05) is 19.1 Å². The maximum absolute atomic E-state index is 13.6. The van der Waals surface area contributed by atoms with E-state index in [1.807, 2.05) is 0 Å². The van der Waals surface area contributed by atoms with E-state index in [0.29, 0.717) is 18.5 Å². The van der Waals surface area contributed by atoms with Crippen LogP contribution in [0, 0.1) is 12.7 Å². The molecule has 1 saturated heterocycles. The number of benzene rings is 1. The molecule has 1 fully saturated rings. The molecule has 102 valence electrons. The Morgan fingerprint density at radius 1 is 1.44 bits per heavy atom. The Morgan fingerprint density at radius 2 is 2.11 bits per heavy atom. The fourth-order valence-corrected chi connectivity index (χ4v) is 3.58. The summed E-state index contributed by atoms with van der Waals surface area (Å²) in [7, 11) is -3.75. The van der Waals surface area contributed by atoms with E-state index in [1.54, 1.807) is 13.0 Å². The van der Waals surface area contributed by atoms with Gasteiger partial charge >= 0.3 is 0 Å². The predicted molar refractivity (Wildman–Crippen MR) is 69.7 cm³/mol. The first-order valence-corrected chi connectivity index (χ1v) is 6.87. The van der Waals surface area contributed by atoms with Gasteiger partial charge in [-0.1, -0.05) is 6.07 Å². The summed E-state index contributed by atoms with van der Waals surface area (Å²) in [5, 5.41) is 0. The molecule has 1 aliphatic rings. The zero-order chi connectivity index (χ0) is 12.6. The van der Waals surface area contributed by atoms with Crippen molar-refractivity contribution in [2.45, 2.75) is 24.3 Å². The Bertz CT molecular complexity index is 536. The molecular formula is C11H16ClFN2O2S. The van der Waals surface area contributed by atoms with Crippen LogP contribution in [-0.4, -0.2) is 31.9 Å². The molecule has 0 spiro atoms. The smallest absolute Gasteiger partial charge is 0.246 e. The van der Waals surface area contributed by atoms with Crippen molar-refractivity contribution >= 4 is 22.4 Å². The number of hydrogen-bond donors (Lipinski definition) is 1. The molecule has 0 radical (unpaired) electrons. The first-order chi connectivity index (χ1) is 7.91. The fourth-order valence-electron chi connectivity index (χ4n) is 1.92. The van der Waals surface area contributed by atoms with Crippen LogP contribution < -0.4 is 5.73 Å². The zero-order valence-electron chi connectivity index (χ0n) is 9.97. The van der Waals surface area contributed by atoms with Crippen molar-refractivity contribution in [1.82, 2.24) is 4.31 Å². The summed E-state index contributed by atoms with van der Waals surface area (Å²) in [5.74, 6) is -0.712. The van der Waals surface area contributed by atoms with Crippen LogP contribution in [0.15, 0.2) is 23.1 Å². The van der Waals surface area contributed by atoms with Gasteiger partial charge < -0.3 is 5.73 Å². The number of rotatable bonds is 2. The standard InChI is InChI=1S/C11H15FN2O2S.ClH/c1-8-2-3-10(12)11(6-8)17(15,16)14-5-4-9(13)7-14;/h2-3,6,9H,4-5,7,13H2,1H3;1H. The molecule has 1 heterocycles. The van der Waals surface area contributed by atoms with Crippen LogP contribution in [0.1, 0.15) is 12.0 Å². The second-order valence-electron chi connectivity index (χ2n) is 4.35. The van der Waals surface area contributed by atoms with Gasteiger partial charge in [-0.05, 0) is 31.0 Å². The number of sulfonamides is 1. The molecule has 2 N–H and O–H groups in total. The van der Waals surface area contributed by atoms with Crippen molar-refractivity contribution in [3.63, 3.8) is 0 Å². The SMILES string of the molecule is Cc1ccc(F)c(S(=O)(=O)N2CCC(N)C2)c1.Cl. The first-order valence-electron chi connectivity index (χ1n) is 5.43. The van der Waals surface area contributed by atoms with E-state index in [9.17, 15) is 12.8 Å². The zero-order valence-corrected chi connectivity index (χ0v) is 11.6. The first kappa shape index (κ1) is 15.4. The third kappa shape index (κ3) is 2.83. The molecule has 18 heavy (non-hydrogen) atoms. The quantitative estimate of drug-likeness (QED) is 0.894. The number of aryl methyl sites for hydroxylation is 1. The Kier molecular flexibility index (Phi) is 4.72. The summed E-state index contributed by atoms with van der Waals surface area (Å²) >= 11 is 0. The Labute approximate surface area is 112 Å². The van der Waals surface area contributed by atoms with Gasteiger partial charge in [-0.15, -0.1) is 12.4 Å². The van der Waals surface area contributed by atoms with Gasteiger partial charge in [0.2, 0.25) is 10.0 Å². The summed E-state index contributed by atoms with van der Waals surface area (Å²) < 4.78 is 39.2. The van der Waals surface area contributed by atoms with Crippen molar-refractivity contribution in [2.75, 3.05) is 13.1 Å². The molecule has 7 heteroatoms. The van der Waals surface area contributed by atoms with E-state index in [-0.39, 0.29) is 29.9 Å². The third-order valence-electron chi connectivity index (χ3n) is 2.89. The van der Waals surface area contributed by atoms with Crippen LogP contribution in [0.2, 0.25) is 0 Å². The minimum absolute atomic E-state index is 0. The topological polar surface area (TPSA) is 63.4 Å². The lowest BCUT2D eigenvalue weighted by molar-refractivity contribution is 0.465.